The van der Waals surface area contributed by atoms with Crippen LogP contribution < -0.4 is 0 Å². The van der Waals surface area contributed by atoms with Gasteiger partial charge in [0.05, 0.1) is 23.6 Å². The number of ether oxygens (including phenoxy) is 1. The zero-order valence-corrected chi connectivity index (χ0v) is 12.6. The van der Waals surface area contributed by atoms with Crippen molar-refractivity contribution in [2.75, 3.05) is 0 Å². The lowest BCUT2D eigenvalue weighted by Gasteiger charge is -2.20. The maximum atomic E-state index is 12.6. The van der Waals surface area contributed by atoms with Crippen molar-refractivity contribution in [2.24, 2.45) is 0 Å². The monoisotopic (exact) mass is 296 g/mol. The van der Waals surface area contributed by atoms with Gasteiger partial charge in [-0.3, -0.25) is 0 Å². The Morgan fingerprint density at radius 1 is 1.14 bits per heavy atom. The lowest BCUT2D eigenvalue weighted by molar-refractivity contribution is 0.0547. The Bertz CT molecular complexity index is 819. The Hall–Kier alpha value is -2.76. The number of para-hydroxylation sites is 1. The van der Waals surface area contributed by atoms with E-state index in [9.17, 15) is 4.79 Å². The van der Waals surface area contributed by atoms with Gasteiger partial charge >= 0.3 is 6.09 Å². The van der Waals surface area contributed by atoms with Crippen molar-refractivity contribution in [3.63, 3.8) is 0 Å². The van der Waals surface area contributed by atoms with Crippen LogP contribution in [0.5, 0.6) is 0 Å². The summed E-state index contributed by atoms with van der Waals surface area (Å²) in [6.07, 6.45) is 2.71. The van der Waals surface area contributed by atoms with Crippen LogP contribution in [0.2, 0.25) is 0 Å². The summed E-state index contributed by atoms with van der Waals surface area (Å²) in [6.45, 7) is 5.52. The molecule has 0 spiro atoms. The zero-order valence-electron chi connectivity index (χ0n) is 12.6. The predicted octanol–water partition coefficient (Wildman–Crippen LogP) is 3.28. The van der Waals surface area contributed by atoms with Crippen LogP contribution in [0.4, 0.5) is 4.79 Å². The topological polar surface area (TPSA) is 69.9 Å². The van der Waals surface area contributed by atoms with Crippen LogP contribution in [0, 0.1) is 0 Å². The Kier molecular flexibility index (Phi) is 3.36. The van der Waals surface area contributed by atoms with Gasteiger partial charge in [0.1, 0.15) is 5.60 Å². The minimum atomic E-state index is -0.575. The summed E-state index contributed by atoms with van der Waals surface area (Å²) in [5.74, 6) is 0. The van der Waals surface area contributed by atoms with Gasteiger partial charge in [-0.25, -0.2) is 9.36 Å². The predicted molar refractivity (Wildman–Crippen MR) is 82.4 cm³/mol. The number of rotatable bonds is 1. The van der Waals surface area contributed by atoms with Gasteiger partial charge in [-0.05, 0) is 38.1 Å². The van der Waals surface area contributed by atoms with Crippen LogP contribution in [0.25, 0.3) is 22.2 Å². The molecule has 0 atom stereocenters. The molecule has 0 fully saturated rings. The third-order valence-electron chi connectivity index (χ3n) is 3.08. The van der Waals surface area contributed by atoms with Gasteiger partial charge in [0.15, 0.2) is 0 Å². The number of hydrogen-bond acceptors (Lipinski definition) is 5. The largest absolute Gasteiger partial charge is 0.443 e. The second kappa shape index (κ2) is 5.22. The number of aromatic nitrogens is 4. The third kappa shape index (κ3) is 2.67. The number of fused-ring (bicyclic) bond motifs is 1. The quantitative estimate of drug-likeness (QED) is 0.689. The van der Waals surface area contributed by atoms with Gasteiger partial charge in [-0.15, -0.1) is 10.2 Å². The SMILES string of the molecule is CC(C)(C)OC(=O)n1c(-c2cnnnc2)cc2ccccc21. The van der Waals surface area contributed by atoms with Crippen molar-refractivity contribution in [1.82, 2.24) is 20.0 Å². The zero-order chi connectivity index (χ0) is 15.7. The summed E-state index contributed by atoms with van der Waals surface area (Å²) in [6, 6.07) is 9.55. The second-order valence-corrected chi connectivity index (χ2v) is 5.94. The third-order valence-corrected chi connectivity index (χ3v) is 3.08. The number of carbonyl (C=O) groups excluding carboxylic acids is 1. The first-order valence-electron chi connectivity index (χ1n) is 6.93. The number of benzene rings is 1. The molecule has 6 nitrogen and oxygen atoms in total. The first-order valence-corrected chi connectivity index (χ1v) is 6.93. The van der Waals surface area contributed by atoms with Crippen molar-refractivity contribution in [2.45, 2.75) is 26.4 Å². The molecule has 0 saturated heterocycles. The smallest absolute Gasteiger partial charge is 0.419 e. The van der Waals surface area contributed by atoms with Crippen LogP contribution in [0.3, 0.4) is 0 Å². The van der Waals surface area contributed by atoms with Crippen molar-refractivity contribution >= 4 is 17.0 Å². The van der Waals surface area contributed by atoms with Crippen LogP contribution in [0.1, 0.15) is 20.8 Å². The summed E-state index contributed by atoms with van der Waals surface area (Å²) < 4.78 is 7.06. The van der Waals surface area contributed by atoms with Crippen molar-refractivity contribution in [1.29, 1.82) is 0 Å². The van der Waals surface area contributed by atoms with E-state index in [-0.39, 0.29) is 0 Å². The van der Waals surface area contributed by atoms with Gasteiger partial charge in [-0.2, -0.15) is 0 Å². The van der Waals surface area contributed by atoms with E-state index < -0.39 is 11.7 Å². The molecule has 0 aliphatic carbocycles. The molecule has 3 aromatic rings. The average molecular weight is 296 g/mol. The number of carbonyl (C=O) groups is 1. The first-order chi connectivity index (χ1) is 10.5. The molecule has 0 aliphatic rings. The molecule has 22 heavy (non-hydrogen) atoms. The molecule has 0 saturated carbocycles. The van der Waals surface area contributed by atoms with Crippen LogP contribution in [0.15, 0.2) is 42.7 Å². The molecular formula is C16H16N4O2. The Morgan fingerprint density at radius 2 is 1.82 bits per heavy atom. The highest BCUT2D eigenvalue weighted by atomic mass is 16.6. The molecule has 3 rings (SSSR count). The van der Waals surface area contributed by atoms with Crippen molar-refractivity contribution < 1.29 is 9.53 Å². The van der Waals surface area contributed by atoms with E-state index in [2.05, 4.69) is 15.4 Å². The molecule has 1 aromatic carbocycles. The molecule has 112 valence electrons. The van der Waals surface area contributed by atoms with Crippen molar-refractivity contribution in [3.05, 3.63) is 42.7 Å². The maximum Gasteiger partial charge on any atom is 0.419 e. The lowest BCUT2D eigenvalue weighted by atomic mass is 10.2. The van der Waals surface area contributed by atoms with E-state index in [0.717, 1.165) is 10.9 Å². The van der Waals surface area contributed by atoms with E-state index >= 15 is 0 Å². The second-order valence-electron chi connectivity index (χ2n) is 5.94. The fraction of sp³-hybridized carbons (Fsp3) is 0.250. The van der Waals surface area contributed by atoms with Crippen molar-refractivity contribution in [3.8, 4) is 11.3 Å². The van der Waals surface area contributed by atoms with Gasteiger partial charge in [0.2, 0.25) is 0 Å². The normalized spacial score (nSPS) is 11.6. The average Bonchev–Trinajstić information content (AvgIpc) is 2.86. The van der Waals surface area contributed by atoms with Crippen LogP contribution in [-0.4, -0.2) is 31.7 Å². The summed E-state index contributed by atoms with van der Waals surface area (Å²) in [7, 11) is 0. The minimum Gasteiger partial charge on any atom is -0.443 e. The molecule has 0 radical (unpaired) electrons. The fourth-order valence-corrected chi connectivity index (χ4v) is 2.24. The lowest BCUT2D eigenvalue weighted by Crippen LogP contribution is -2.27. The summed E-state index contributed by atoms with van der Waals surface area (Å²) in [4.78, 5) is 12.6. The van der Waals surface area contributed by atoms with Gasteiger partial charge in [-0.1, -0.05) is 18.2 Å². The molecule has 2 aromatic heterocycles. The molecular weight excluding hydrogens is 280 g/mol. The Morgan fingerprint density at radius 3 is 2.50 bits per heavy atom. The molecule has 2 heterocycles. The molecule has 0 bridgehead atoms. The summed E-state index contributed by atoms with van der Waals surface area (Å²) in [5, 5.41) is 12.0. The highest BCUT2D eigenvalue weighted by Crippen LogP contribution is 2.28. The first kappa shape index (κ1) is 14.2. The molecule has 0 aliphatic heterocycles. The fourth-order valence-electron chi connectivity index (χ4n) is 2.24. The minimum absolute atomic E-state index is 0.430. The van der Waals surface area contributed by atoms with E-state index in [1.54, 1.807) is 17.0 Å². The maximum absolute atomic E-state index is 12.6. The number of hydrogen-bond donors (Lipinski definition) is 0. The molecule has 0 amide bonds. The molecule has 6 heteroatoms. The Balaban J connectivity index is 2.20. The van der Waals surface area contributed by atoms with Gasteiger partial charge in [0, 0.05) is 10.9 Å². The van der Waals surface area contributed by atoms with Gasteiger partial charge < -0.3 is 4.74 Å². The highest BCUT2D eigenvalue weighted by molar-refractivity contribution is 5.96. The van der Waals surface area contributed by atoms with Crippen LogP contribution in [-0.2, 0) is 4.74 Å². The number of nitrogens with zero attached hydrogens (tertiary/aromatic N) is 4. The van der Waals surface area contributed by atoms with E-state index in [1.807, 2.05) is 51.1 Å². The standard InChI is InChI=1S/C16H16N4O2/c1-16(2,3)22-15(21)20-13-7-5-4-6-11(13)8-14(20)12-9-17-19-18-10-12/h4-10H,1-3H3. The van der Waals surface area contributed by atoms with Gasteiger partial charge in [0.25, 0.3) is 0 Å². The highest BCUT2D eigenvalue weighted by Gasteiger charge is 2.22. The van der Waals surface area contributed by atoms with E-state index in [1.165, 1.54) is 0 Å². The molecule has 0 unspecified atom stereocenters. The van der Waals surface area contributed by atoms with Crippen LogP contribution >= 0.6 is 0 Å². The summed E-state index contributed by atoms with van der Waals surface area (Å²) in [5.41, 5.74) is 1.59. The summed E-state index contributed by atoms with van der Waals surface area (Å²) >= 11 is 0. The van der Waals surface area contributed by atoms with E-state index in [0.29, 0.717) is 11.3 Å². The Labute approximate surface area is 127 Å². The van der Waals surface area contributed by atoms with E-state index in [4.69, 9.17) is 4.74 Å². The molecule has 0 N–H and O–H groups in total.